The number of alkyl halides is 3. The van der Waals surface area contributed by atoms with Gasteiger partial charge in [0.1, 0.15) is 18.7 Å². The SMILES string of the molecule is CCCC[C@H](NC(=O)OCc1ccccc1)C(=O)N1CCC[C@H]1C(=O)N[C@@H]1CCCc2ccccc21.O=C(N[C@@H]1CCCc2ccccc21)[C@@H]1CCCN1.O=CC(F)(F)F. The number of fused-ring (bicyclic) bond motifs is 2. The zero-order valence-corrected chi connectivity index (χ0v) is 34.3. The highest BCUT2D eigenvalue weighted by Crippen LogP contribution is 2.31. The number of aldehydes is 1. The predicted octanol–water partition coefficient (Wildman–Crippen LogP) is 7.34. The van der Waals surface area contributed by atoms with E-state index in [1.54, 1.807) is 4.90 Å². The number of halogens is 3. The van der Waals surface area contributed by atoms with Gasteiger partial charge in [-0.05, 0) is 105 Å². The molecule has 0 saturated carbocycles. The second kappa shape index (κ2) is 22.9. The third-order valence-corrected chi connectivity index (χ3v) is 11.4. The summed E-state index contributed by atoms with van der Waals surface area (Å²) in [4.78, 5) is 61.9. The number of alkyl carbamates (subject to hydrolysis) is 1. The van der Waals surface area contributed by atoms with Crippen LogP contribution in [0, 0.1) is 0 Å². The molecule has 14 heteroatoms. The Morgan fingerprint density at radius 2 is 1.38 bits per heavy atom. The molecule has 0 aromatic heterocycles. The number of carbonyl (C=O) groups is 5. The lowest BCUT2D eigenvalue weighted by Gasteiger charge is -2.31. The number of hydrogen-bond acceptors (Lipinski definition) is 7. The lowest BCUT2D eigenvalue weighted by atomic mass is 9.87. The molecule has 4 N–H and O–H groups in total. The summed E-state index contributed by atoms with van der Waals surface area (Å²) in [5.74, 6) is -0.139. The van der Waals surface area contributed by atoms with Gasteiger partial charge in [-0.2, -0.15) is 13.2 Å². The first kappa shape index (κ1) is 45.8. The summed E-state index contributed by atoms with van der Waals surface area (Å²) >= 11 is 0. The number of nitrogens with one attached hydrogen (secondary N) is 4. The van der Waals surface area contributed by atoms with Crippen molar-refractivity contribution in [2.24, 2.45) is 0 Å². The first-order chi connectivity index (χ1) is 29.0. The van der Waals surface area contributed by atoms with Gasteiger partial charge in [-0.1, -0.05) is 98.6 Å². The number of benzene rings is 3. The molecule has 4 amide bonds. The van der Waals surface area contributed by atoms with Crippen LogP contribution >= 0.6 is 0 Å². The number of ether oxygens (including phenoxy) is 1. The molecule has 0 radical (unpaired) electrons. The third-order valence-electron chi connectivity index (χ3n) is 11.4. The molecule has 7 rings (SSSR count). The van der Waals surface area contributed by atoms with E-state index in [0.717, 1.165) is 76.3 Å². The lowest BCUT2D eigenvalue weighted by molar-refractivity contribution is -0.156. The average molecular weight is 834 g/mol. The van der Waals surface area contributed by atoms with Crippen LogP contribution in [0.25, 0.3) is 0 Å². The molecule has 0 unspecified atom stereocenters. The lowest BCUT2D eigenvalue weighted by Crippen LogP contribution is -2.54. The van der Waals surface area contributed by atoms with Crippen LogP contribution in [0.4, 0.5) is 18.0 Å². The number of likely N-dealkylation sites (tertiary alicyclic amines) is 1. The highest BCUT2D eigenvalue weighted by molar-refractivity contribution is 5.92. The first-order valence-electron chi connectivity index (χ1n) is 21.3. The first-order valence-corrected chi connectivity index (χ1v) is 21.3. The summed E-state index contributed by atoms with van der Waals surface area (Å²) in [6, 6.07) is 25.2. The number of hydrogen-bond donors (Lipinski definition) is 4. The van der Waals surface area contributed by atoms with E-state index in [9.17, 15) is 32.3 Å². The molecule has 11 nitrogen and oxygen atoms in total. The molecular formula is C46H58F3N5O6. The Kier molecular flexibility index (Phi) is 17.5. The molecule has 2 aliphatic carbocycles. The van der Waals surface area contributed by atoms with Gasteiger partial charge in [0.15, 0.2) is 0 Å². The van der Waals surface area contributed by atoms with Crippen LogP contribution < -0.4 is 21.3 Å². The number of nitrogens with zero attached hydrogens (tertiary/aromatic N) is 1. The van der Waals surface area contributed by atoms with Gasteiger partial charge in [0.2, 0.25) is 24.0 Å². The van der Waals surface area contributed by atoms with Crippen LogP contribution in [0.2, 0.25) is 0 Å². The van der Waals surface area contributed by atoms with Gasteiger partial charge in [-0.25, -0.2) is 4.79 Å². The highest BCUT2D eigenvalue weighted by Gasteiger charge is 2.39. The minimum Gasteiger partial charge on any atom is -0.445 e. The van der Waals surface area contributed by atoms with E-state index in [0.29, 0.717) is 19.4 Å². The van der Waals surface area contributed by atoms with Crippen molar-refractivity contribution in [3.63, 3.8) is 0 Å². The molecule has 0 bridgehead atoms. The maximum atomic E-state index is 13.5. The average Bonchev–Trinajstić information content (AvgIpc) is 3.99. The smallest absolute Gasteiger partial charge is 0.445 e. The van der Waals surface area contributed by atoms with E-state index in [2.05, 4.69) is 57.7 Å². The van der Waals surface area contributed by atoms with Crippen molar-refractivity contribution in [3.8, 4) is 0 Å². The maximum Gasteiger partial charge on any atom is 0.446 e. The zero-order valence-electron chi connectivity index (χ0n) is 34.3. The molecule has 5 atom stereocenters. The second-order valence-electron chi connectivity index (χ2n) is 15.7. The molecule has 3 aromatic carbocycles. The van der Waals surface area contributed by atoms with Crippen LogP contribution in [0.5, 0.6) is 0 Å². The summed E-state index contributed by atoms with van der Waals surface area (Å²) in [7, 11) is 0. The standard InChI is InChI=1S/C29H37N3O4.C15H20N2O.C2HF3O/c1-2-3-16-25(31-29(35)36-20-21-11-5-4-6-12-21)28(34)32-19-10-18-26(32)27(33)30-24-17-9-14-22-13-7-8-15-23(22)24;18-15(14-9-4-10-16-14)17-13-8-3-6-11-5-1-2-7-12(11)13;3-2(4,5)1-6/h4-8,11-13,15,24-26H,2-3,9-10,14,16-20H2,1H3,(H,30,33)(H,31,35);1-2,5,7,13-14,16H,3-4,6,8-10H2,(H,17,18);1H/t24-,25+,26+;13-,14+;/m11./s1. The number of amides is 4. The highest BCUT2D eigenvalue weighted by atomic mass is 19.4. The predicted molar refractivity (Wildman–Crippen MR) is 221 cm³/mol. The Morgan fingerprint density at radius 1 is 0.800 bits per heavy atom. The fraction of sp³-hybridized carbons (Fsp3) is 0.500. The van der Waals surface area contributed by atoms with Crippen molar-refractivity contribution in [1.29, 1.82) is 0 Å². The minimum atomic E-state index is -4.64. The summed E-state index contributed by atoms with van der Waals surface area (Å²) in [5.41, 5.74) is 6.05. The van der Waals surface area contributed by atoms with Gasteiger partial charge in [0.05, 0.1) is 18.1 Å². The number of unbranched alkanes of at least 4 members (excludes halogenated alkanes) is 1. The molecule has 0 spiro atoms. The molecule has 2 aliphatic heterocycles. The Morgan fingerprint density at radius 3 is 1.95 bits per heavy atom. The molecule has 2 fully saturated rings. The van der Waals surface area contributed by atoms with E-state index in [1.165, 1.54) is 28.7 Å². The van der Waals surface area contributed by atoms with Crippen molar-refractivity contribution in [2.45, 2.75) is 133 Å². The fourth-order valence-electron chi connectivity index (χ4n) is 8.33. The van der Waals surface area contributed by atoms with Crippen molar-refractivity contribution in [2.75, 3.05) is 13.1 Å². The Bertz CT molecular complexity index is 1870. The van der Waals surface area contributed by atoms with Crippen LogP contribution in [0.1, 0.15) is 117 Å². The molecule has 2 saturated heterocycles. The van der Waals surface area contributed by atoms with Crippen molar-refractivity contribution >= 4 is 30.1 Å². The van der Waals surface area contributed by atoms with E-state index < -0.39 is 30.6 Å². The van der Waals surface area contributed by atoms with Gasteiger partial charge in [-0.3, -0.25) is 19.2 Å². The molecule has 60 heavy (non-hydrogen) atoms. The van der Waals surface area contributed by atoms with Gasteiger partial charge >= 0.3 is 12.3 Å². The van der Waals surface area contributed by atoms with Gasteiger partial charge < -0.3 is 30.9 Å². The minimum absolute atomic E-state index is 0.0259. The Hall–Kier alpha value is -5.24. The van der Waals surface area contributed by atoms with Crippen molar-refractivity contribution in [1.82, 2.24) is 26.2 Å². The van der Waals surface area contributed by atoms with Gasteiger partial charge in [0.25, 0.3) is 0 Å². The fourth-order valence-corrected chi connectivity index (χ4v) is 8.33. The van der Waals surface area contributed by atoms with Crippen LogP contribution in [0.3, 0.4) is 0 Å². The van der Waals surface area contributed by atoms with Crippen LogP contribution in [-0.4, -0.2) is 72.4 Å². The molecular weight excluding hydrogens is 776 g/mol. The van der Waals surface area contributed by atoms with E-state index in [4.69, 9.17) is 9.53 Å². The third kappa shape index (κ3) is 13.7. The van der Waals surface area contributed by atoms with Crippen molar-refractivity contribution in [3.05, 3.63) is 107 Å². The number of rotatable bonds is 11. The zero-order chi connectivity index (χ0) is 42.9. The van der Waals surface area contributed by atoms with Crippen LogP contribution in [0.15, 0.2) is 78.9 Å². The monoisotopic (exact) mass is 833 g/mol. The molecule has 3 aromatic rings. The quantitative estimate of drug-likeness (QED) is 0.148. The van der Waals surface area contributed by atoms with E-state index >= 15 is 0 Å². The summed E-state index contributed by atoms with van der Waals surface area (Å²) in [5, 5.41) is 12.5. The van der Waals surface area contributed by atoms with Crippen LogP contribution in [-0.2, 0) is 43.4 Å². The second-order valence-corrected chi connectivity index (χ2v) is 15.7. The Labute approximate surface area is 350 Å². The Balaban J connectivity index is 0.000000234. The van der Waals surface area contributed by atoms with Crippen molar-refractivity contribution < 1.29 is 41.9 Å². The summed E-state index contributed by atoms with van der Waals surface area (Å²) in [6.07, 6.45) is 5.70. The number of aryl methyl sites for hydroxylation is 2. The summed E-state index contributed by atoms with van der Waals surface area (Å²) < 4.78 is 36.6. The molecule has 4 aliphatic rings. The normalized spacial score (nSPS) is 21.0. The topological polar surface area (TPSA) is 146 Å². The largest absolute Gasteiger partial charge is 0.446 e. The molecule has 324 valence electrons. The summed E-state index contributed by atoms with van der Waals surface area (Å²) in [6.45, 7) is 3.67. The van der Waals surface area contributed by atoms with Gasteiger partial charge in [0, 0.05) is 6.54 Å². The molecule has 2 heterocycles. The van der Waals surface area contributed by atoms with E-state index in [1.807, 2.05) is 49.4 Å². The maximum absolute atomic E-state index is 13.5. The number of carbonyl (C=O) groups excluding carboxylic acids is 5. The van der Waals surface area contributed by atoms with Gasteiger partial charge in [-0.15, -0.1) is 0 Å². The van der Waals surface area contributed by atoms with E-state index in [-0.39, 0.29) is 42.5 Å².